The fraction of sp³-hybridized carbons (Fsp3) is 0.714. The van der Waals surface area contributed by atoms with E-state index in [-0.39, 0.29) is 5.91 Å². The normalized spacial score (nSPS) is 10.7. The zero-order valence-corrected chi connectivity index (χ0v) is 22.1. The lowest BCUT2D eigenvalue weighted by atomic mass is 10.0. The van der Waals surface area contributed by atoms with Gasteiger partial charge in [-0.05, 0) is 43.3 Å². The number of ether oxygens (including phenoxy) is 1. The molecule has 5 heteroatoms. The first-order chi connectivity index (χ1) is 16.2. The largest absolute Gasteiger partial charge is 0.494 e. The summed E-state index contributed by atoms with van der Waals surface area (Å²) >= 11 is 5.27. The van der Waals surface area contributed by atoms with Crippen molar-refractivity contribution in [2.24, 2.45) is 0 Å². The summed E-state index contributed by atoms with van der Waals surface area (Å²) in [7, 11) is 0. The Kier molecular flexibility index (Phi) is 18.7. The molecule has 0 spiro atoms. The summed E-state index contributed by atoms with van der Waals surface area (Å²) < 4.78 is 5.67. The first kappa shape index (κ1) is 29.4. The van der Waals surface area contributed by atoms with Gasteiger partial charge in [0.05, 0.1) is 6.61 Å². The van der Waals surface area contributed by atoms with Gasteiger partial charge in [-0.15, -0.1) is 0 Å². The molecule has 33 heavy (non-hydrogen) atoms. The van der Waals surface area contributed by atoms with Crippen LogP contribution in [0.15, 0.2) is 24.3 Å². The van der Waals surface area contributed by atoms with E-state index in [9.17, 15) is 4.79 Å². The van der Waals surface area contributed by atoms with E-state index in [1.54, 1.807) is 12.1 Å². The van der Waals surface area contributed by atoms with E-state index < -0.39 is 0 Å². The molecular formula is C28H48N2O2S. The zero-order chi connectivity index (χ0) is 24.0. The van der Waals surface area contributed by atoms with Gasteiger partial charge in [0.25, 0.3) is 5.91 Å². The predicted molar refractivity (Wildman–Crippen MR) is 145 cm³/mol. The smallest absolute Gasteiger partial charge is 0.257 e. The fourth-order valence-electron chi connectivity index (χ4n) is 3.80. The van der Waals surface area contributed by atoms with Crippen LogP contribution < -0.4 is 15.4 Å². The highest BCUT2D eigenvalue weighted by Crippen LogP contribution is 2.14. The van der Waals surface area contributed by atoms with E-state index in [2.05, 4.69) is 24.5 Å². The van der Waals surface area contributed by atoms with E-state index >= 15 is 0 Å². The molecule has 0 bridgehead atoms. The van der Waals surface area contributed by atoms with Crippen LogP contribution in [0.1, 0.15) is 127 Å². The highest BCUT2D eigenvalue weighted by molar-refractivity contribution is 7.80. The first-order valence-corrected chi connectivity index (χ1v) is 13.9. The Morgan fingerprint density at radius 2 is 1.33 bits per heavy atom. The zero-order valence-electron chi connectivity index (χ0n) is 21.3. The molecule has 4 nitrogen and oxygen atoms in total. The molecule has 0 aromatic heterocycles. The van der Waals surface area contributed by atoms with Crippen molar-refractivity contribution in [3.05, 3.63) is 29.8 Å². The van der Waals surface area contributed by atoms with Crippen molar-refractivity contribution >= 4 is 23.2 Å². The van der Waals surface area contributed by atoms with Gasteiger partial charge in [-0.25, -0.2) is 0 Å². The third-order valence-electron chi connectivity index (χ3n) is 5.91. The molecule has 1 aromatic rings. The molecule has 188 valence electrons. The molecule has 0 aliphatic rings. The summed E-state index contributed by atoms with van der Waals surface area (Å²) in [5.74, 6) is 0.520. The van der Waals surface area contributed by atoms with Gasteiger partial charge in [0.15, 0.2) is 5.11 Å². The van der Waals surface area contributed by atoms with Gasteiger partial charge in [0.1, 0.15) is 5.75 Å². The molecule has 0 unspecified atom stereocenters. The van der Waals surface area contributed by atoms with Crippen LogP contribution in [0.3, 0.4) is 0 Å². The van der Waals surface area contributed by atoms with Crippen molar-refractivity contribution in [3.63, 3.8) is 0 Å². The maximum absolute atomic E-state index is 12.4. The summed E-state index contributed by atoms with van der Waals surface area (Å²) in [6.45, 7) is 5.87. The minimum absolute atomic E-state index is 0.200. The van der Waals surface area contributed by atoms with Crippen molar-refractivity contribution in [3.8, 4) is 5.75 Å². The van der Waals surface area contributed by atoms with Gasteiger partial charge >= 0.3 is 0 Å². The fourth-order valence-corrected chi connectivity index (χ4v) is 4.00. The van der Waals surface area contributed by atoms with Gasteiger partial charge in [-0.2, -0.15) is 0 Å². The van der Waals surface area contributed by atoms with Crippen LogP contribution in [0, 0.1) is 0 Å². The first-order valence-electron chi connectivity index (χ1n) is 13.5. The molecular weight excluding hydrogens is 428 g/mol. The van der Waals surface area contributed by atoms with Crippen molar-refractivity contribution < 1.29 is 9.53 Å². The quantitative estimate of drug-likeness (QED) is 0.148. The monoisotopic (exact) mass is 476 g/mol. The van der Waals surface area contributed by atoms with Gasteiger partial charge in [-0.3, -0.25) is 10.1 Å². The second-order valence-corrected chi connectivity index (χ2v) is 9.44. The number of carbonyl (C=O) groups excluding carboxylic acids is 1. The molecule has 0 radical (unpaired) electrons. The third kappa shape index (κ3) is 16.6. The molecule has 0 aliphatic heterocycles. The van der Waals surface area contributed by atoms with E-state index in [1.165, 1.54) is 83.5 Å². The summed E-state index contributed by atoms with van der Waals surface area (Å²) in [5, 5.41) is 6.31. The van der Waals surface area contributed by atoms with Crippen LogP contribution in [0.4, 0.5) is 0 Å². The van der Waals surface area contributed by atoms with Crippen LogP contribution in [0.2, 0.25) is 0 Å². The highest BCUT2D eigenvalue weighted by atomic mass is 32.1. The minimum Gasteiger partial charge on any atom is -0.494 e. The molecule has 2 N–H and O–H groups in total. The number of hydrogen-bond acceptors (Lipinski definition) is 3. The van der Waals surface area contributed by atoms with Crippen molar-refractivity contribution in [2.75, 3.05) is 13.2 Å². The molecule has 0 fully saturated rings. The van der Waals surface area contributed by atoms with E-state index in [0.29, 0.717) is 17.3 Å². The van der Waals surface area contributed by atoms with Crippen LogP contribution in [-0.4, -0.2) is 24.2 Å². The maximum Gasteiger partial charge on any atom is 0.257 e. The third-order valence-corrected chi connectivity index (χ3v) is 6.15. The summed E-state index contributed by atoms with van der Waals surface area (Å²) in [6.07, 6.45) is 21.0. The average Bonchev–Trinajstić information content (AvgIpc) is 2.82. The van der Waals surface area contributed by atoms with E-state index in [1.807, 2.05) is 12.1 Å². The van der Waals surface area contributed by atoms with Crippen LogP contribution in [-0.2, 0) is 0 Å². The SMILES string of the molecule is CCCCCCCCCCCCCCCCNC(=S)NC(=O)c1cccc(OCCCC)c1. The predicted octanol–water partition coefficient (Wildman–Crippen LogP) is 7.95. The second-order valence-electron chi connectivity index (χ2n) is 9.04. The molecule has 0 saturated heterocycles. The Bertz CT molecular complexity index is 636. The number of carbonyl (C=O) groups is 1. The number of benzene rings is 1. The summed E-state index contributed by atoms with van der Waals surface area (Å²) in [6, 6.07) is 7.25. The van der Waals surface area contributed by atoms with E-state index in [4.69, 9.17) is 17.0 Å². The highest BCUT2D eigenvalue weighted by Gasteiger charge is 2.08. The topological polar surface area (TPSA) is 50.4 Å². The maximum atomic E-state index is 12.4. The molecule has 1 aromatic carbocycles. The molecule has 1 amide bonds. The number of amides is 1. The summed E-state index contributed by atoms with van der Waals surface area (Å²) in [5.41, 5.74) is 0.560. The number of hydrogen-bond donors (Lipinski definition) is 2. The minimum atomic E-state index is -0.200. The van der Waals surface area contributed by atoms with Crippen molar-refractivity contribution in [1.82, 2.24) is 10.6 Å². The van der Waals surface area contributed by atoms with Crippen LogP contribution >= 0.6 is 12.2 Å². The lowest BCUT2D eigenvalue weighted by molar-refractivity contribution is 0.0976. The Balaban J connectivity index is 1.98. The lowest BCUT2D eigenvalue weighted by Gasteiger charge is -2.11. The number of unbranched alkanes of at least 4 members (excludes halogenated alkanes) is 14. The van der Waals surface area contributed by atoms with Gasteiger partial charge in [0.2, 0.25) is 0 Å². The molecule has 0 saturated carbocycles. The van der Waals surface area contributed by atoms with E-state index in [0.717, 1.165) is 31.6 Å². The Labute approximate surface area is 208 Å². The Morgan fingerprint density at radius 1 is 0.788 bits per heavy atom. The molecule has 1 rings (SSSR count). The van der Waals surface area contributed by atoms with Gasteiger partial charge in [-0.1, -0.05) is 110 Å². The standard InChI is InChI=1S/C28H48N2O2S/c1-3-5-7-8-9-10-11-12-13-14-15-16-17-18-22-29-28(33)30-27(31)25-20-19-21-26(24-25)32-23-6-4-2/h19-21,24H,3-18,22-23H2,1-2H3,(H2,29,30,31,33). The van der Waals surface area contributed by atoms with Crippen molar-refractivity contribution in [1.29, 1.82) is 0 Å². The number of nitrogens with one attached hydrogen (secondary N) is 2. The van der Waals surface area contributed by atoms with Gasteiger partial charge < -0.3 is 10.1 Å². The molecule has 0 aliphatic carbocycles. The Morgan fingerprint density at radius 3 is 1.91 bits per heavy atom. The van der Waals surface area contributed by atoms with Crippen molar-refractivity contribution in [2.45, 2.75) is 117 Å². The lowest BCUT2D eigenvalue weighted by Crippen LogP contribution is -2.39. The van der Waals surface area contributed by atoms with Crippen LogP contribution in [0.25, 0.3) is 0 Å². The average molecular weight is 477 g/mol. The number of thiocarbonyl (C=S) groups is 1. The number of rotatable bonds is 20. The summed E-state index contributed by atoms with van der Waals surface area (Å²) in [4.78, 5) is 12.4. The van der Waals surface area contributed by atoms with Gasteiger partial charge in [0, 0.05) is 12.1 Å². The Hall–Kier alpha value is -1.62. The molecule has 0 atom stereocenters. The second kappa shape index (κ2) is 20.9. The molecule has 0 heterocycles. The van der Waals surface area contributed by atoms with Crippen LogP contribution in [0.5, 0.6) is 5.75 Å².